The van der Waals surface area contributed by atoms with Gasteiger partial charge in [0.1, 0.15) is 30.4 Å². The third kappa shape index (κ3) is 6.55. The van der Waals surface area contributed by atoms with Crippen LogP contribution in [-0.2, 0) is 21.4 Å². The summed E-state index contributed by atoms with van der Waals surface area (Å²) in [4.78, 5) is 12.8. The fourth-order valence-electron chi connectivity index (χ4n) is 3.13. The number of carbonyl (C=O) groups is 1. The number of methoxy groups -OCH3 is 2. The summed E-state index contributed by atoms with van der Waals surface area (Å²) >= 11 is 6.10. The molecule has 0 aromatic heterocycles. The van der Waals surface area contributed by atoms with Gasteiger partial charge in [0.2, 0.25) is 15.9 Å². The molecule has 0 bridgehead atoms. The Labute approximate surface area is 204 Å². The molecule has 10 heteroatoms. The van der Waals surface area contributed by atoms with Crippen LogP contribution in [0.4, 0.5) is 11.4 Å². The maximum atomic E-state index is 12.8. The molecule has 1 amide bonds. The lowest BCUT2D eigenvalue weighted by atomic mass is 10.2. The zero-order valence-corrected chi connectivity index (χ0v) is 20.5. The lowest BCUT2D eigenvalue weighted by Crippen LogP contribution is -2.37. The molecule has 3 aromatic rings. The summed E-state index contributed by atoms with van der Waals surface area (Å²) in [5.41, 5.74) is 1.63. The van der Waals surface area contributed by atoms with Crippen molar-refractivity contribution in [3.8, 4) is 17.2 Å². The van der Waals surface area contributed by atoms with Crippen molar-refractivity contribution in [2.45, 2.75) is 6.61 Å². The molecule has 0 spiro atoms. The topological polar surface area (TPSA) is 94.2 Å². The summed E-state index contributed by atoms with van der Waals surface area (Å²) in [7, 11) is -0.883. The van der Waals surface area contributed by atoms with E-state index in [-0.39, 0.29) is 0 Å². The number of hydrogen-bond acceptors (Lipinski definition) is 6. The first-order chi connectivity index (χ1) is 16.2. The number of ether oxygens (including phenoxy) is 3. The zero-order valence-electron chi connectivity index (χ0n) is 18.9. The monoisotopic (exact) mass is 504 g/mol. The van der Waals surface area contributed by atoms with Crippen molar-refractivity contribution in [1.29, 1.82) is 0 Å². The highest BCUT2D eigenvalue weighted by Crippen LogP contribution is 2.36. The van der Waals surface area contributed by atoms with E-state index < -0.39 is 22.5 Å². The molecule has 1 N–H and O–H groups in total. The predicted octanol–water partition coefficient (Wildman–Crippen LogP) is 4.34. The van der Waals surface area contributed by atoms with Crippen molar-refractivity contribution in [2.24, 2.45) is 0 Å². The minimum atomic E-state index is -3.75. The molecule has 0 radical (unpaired) electrons. The standard InChI is InChI=1S/C24H25ClN2O6S/c1-31-22-14-21(23(32-2)13-20(22)25)26-24(28)15-27(34(3,29)30)18-9-11-19(12-10-18)33-16-17-7-5-4-6-8-17/h4-14H,15-16H2,1-3H3,(H,26,28). The molecular formula is C24H25ClN2O6S. The Kier molecular flexibility index (Phi) is 8.25. The molecule has 0 atom stereocenters. The van der Waals surface area contributed by atoms with Gasteiger partial charge in [-0.1, -0.05) is 41.9 Å². The van der Waals surface area contributed by atoms with Gasteiger partial charge in [-0.15, -0.1) is 0 Å². The molecule has 3 rings (SSSR count). The summed E-state index contributed by atoms with van der Waals surface area (Å²) in [5, 5.41) is 2.96. The van der Waals surface area contributed by atoms with Crippen LogP contribution >= 0.6 is 11.6 Å². The highest BCUT2D eigenvalue weighted by Gasteiger charge is 2.22. The van der Waals surface area contributed by atoms with Gasteiger partial charge in [-0.2, -0.15) is 0 Å². The Morgan fingerprint density at radius 2 is 1.62 bits per heavy atom. The number of anilines is 2. The SMILES string of the molecule is COc1cc(NC(=O)CN(c2ccc(OCc3ccccc3)cc2)S(C)(=O)=O)c(OC)cc1Cl. The third-order valence-corrected chi connectivity index (χ3v) is 6.24. The Bertz CT molecular complexity index is 1230. The number of sulfonamides is 1. The summed E-state index contributed by atoms with van der Waals surface area (Å²) in [6.45, 7) is -0.0675. The molecule has 34 heavy (non-hydrogen) atoms. The van der Waals surface area contributed by atoms with Crippen LogP contribution in [0.5, 0.6) is 17.2 Å². The molecular weight excluding hydrogens is 480 g/mol. The maximum absolute atomic E-state index is 12.8. The largest absolute Gasteiger partial charge is 0.495 e. The van der Waals surface area contributed by atoms with Gasteiger partial charge < -0.3 is 19.5 Å². The van der Waals surface area contributed by atoms with Crippen LogP contribution in [0.3, 0.4) is 0 Å². The number of nitrogens with one attached hydrogen (secondary N) is 1. The van der Waals surface area contributed by atoms with Crippen LogP contribution in [0.1, 0.15) is 5.56 Å². The number of hydrogen-bond donors (Lipinski definition) is 1. The van der Waals surface area contributed by atoms with Crippen LogP contribution in [0, 0.1) is 0 Å². The number of carbonyl (C=O) groups excluding carboxylic acids is 1. The van der Waals surface area contributed by atoms with Crippen molar-refractivity contribution < 1.29 is 27.4 Å². The van der Waals surface area contributed by atoms with Crippen LogP contribution in [0.2, 0.25) is 5.02 Å². The van der Waals surface area contributed by atoms with Gasteiger partial charge in [0, 0.05) is 12.1 Å². The minimum Gasteiger partial charge on any atom is -0.495 e. The van der Waals surface area contributed by atoms with E-state index in [1.165, 1.54) is 26.4 Å². The molecule has 0 aliphatic heterocycles. The normalized spacial score (nSPS) is 10.9. The van der Waals surface area contributed by atoms with E-state index in [1.54, 1.807) is 24.3 Å². The molecule has 0 saturated carbocycles. The molecule has 180 valence electrons. The van der Waals surface area contributed by atoms with Crippen molar-refractivity contribution in [3.63, 3.8) is 0 Å². The van der Waals surface area contributed by atoms with Crippen LogP contribution < -0.4 is 23.8 Å². The fourth-order valence-corrected chi connectivity index (χ4v) is 4.22. The van der Waals surface area contributed by atoms with E-state index in [2.05, 4.69) is 5.32 Å². The molecule has 0 heterocycles. The van der Waals surface area contributed by atoms with Crippen molar-refractivity contribution >= 4 is 38.9 Å². The smallest absolute Gasteiger partial charge is 0.245 e. The van der Waals surface area contributed by atoms with Gasteiger partial charge in [-0.05, 0) is 29.8 Å². The van der Waals surface area contributed by atoms with Gasteiger partial charge in [0.25, 0.3) is 0 Å². The summed E-state index contributed by atoms with van der Waals surface area (Å²) in [5.74, 6) is 0.648. The highest BCUT2D eigenvalue weighted by molar-refractivity contribution is 7.92. The number of rotatable bonds is 10. The minimum absolute atomic E-state index is 0.298. The molecule has 0 unspecified atom stereocenters. The van der Waals surface area contributed by atoms with Gasteiger partial charge >= 0.3 is 0 Å². The quantitative estimate of drug-likeness (QED) is 0.441. The second-order valence-electron chi connectivity index (χ2n) is 7.27. The summed E-state index contributed by atoms with van der Waals surface area (Å²) < 4.78 is 42.0. The van der Waals surface area contributed by atoms with E-state index in [9.17, 15) is 13.2 Å². The Hall–Kier alpha value is -3.43. The van der Waals surface area contributed by atoms with E-state index in [1.807, 2.05) is 30.3 Å². The third-order valence-electron chi connectivity index (χ3n) is 4.81. The number of nitrogens with zero attached hydrogens (tertiary/aromatic N) is 1. The Morgan fingerprint density at radius 1 is 0.971 bits per heavy atom. The number of benzene rings is 3. The van der Waals surface area contributed by atoms with E-state index in [4.69, 9.17) is 25.8 Å². The Morgan fingerprint density at radius 3 is 2.21 bits per heavy atom. The first-order valence-corrected chi connectivity index (χ1v) is 12.4. The average molecular weight is 505 g/mol. The molecule has 3 aromatic carbocycles. The molecule has 8 nitrogen and oxygen atoms in total. The second-order valence-corrected chi connectivity index (χ2v) is 9.59. The van der Waals surface area contributed by atoms with E-state index in [0.29, 0.717) is 40.3 Å². The first kappa shape index (κ1) is 25.2. The van der Waals surface area contributed by atoms with Crippen molar-refractivity contribution in [1.82, 2.24) is 0 Å². The molecule has 0 aliphatic carbocycles. The Balaban J connectivity index is 1.73. The van der Waals surface area contributed by atoms with Crippen molar-refractivity contribution in [3.05, 3.63) is 77.3 Å². The molecule has 0 saturated heterocycles. The number of amides is 1. The van der Waals surface area contributed by atoms with Gasteiger partial charge in [0.05, 0.1) is 36.9 Å². The molecule has 0 fully saturated rings. The second kappa shape index (κ2) is 11.1. The summed E-state index contributed by atoms with van der Waals surface area (Å²) in [6.07, 6.45) is 1.03. The van der Waals surface area contributed by atoms with Gasteiger partial charge in [-0.25, -0.2) is 8.42 Å². The first-order valence-electron chi connectivity index (χ1n) is 10.2. The fraction of sp³-hybridized carbons (Fsp3) is 0.208. The van der Waals surface area contributed by atoms with Crippen LogP contribution in [-0.4, -0.2) is 41.3 Å². The lowest BCUT2D eigenvalue weighted by molar-refractivity contribution is -0.114. The highest BCUT2D eigenvalue weighted by atomic mass is 35.5. The number of halogens is 1. The predicted molar refractivity (Wildman–Crippen MR) is 133 cm³/mol. The van der Waals surface area contributed by atoms with Crippen molar-refractivity contribution in [2.75, 3.05) is 36.6 Å². The van der Waals surface area contributed by atoms with Gasteiger partial charge in [0.15, 0.2) is 0 Å². The van der Waals surface area contributed by atoms with E-state index in [0.717, 1.165) is 16.1 Å². The van der Waals surface area contributed by atoms with E-state index >= 15 is 0 Å². The zero-order chi connectivity index (χ0) is 24.7. The molecule has 0 aliphatic rings. The van der Waals surface area contributed by atoms with Crippen LogP contribution in [0.25, 0.3) is 0 Å². The maximum Gasteiger partial charge on any atom is 0.245 e. The van der Waals surface area contributed by atoms with Gasteiger partial charge in [-0.3, -0.25) is 9.10 Å². The lowest BCUT2D eigenvalue weighted by Gasteiger charge is -2.22. The van der Waals surface area contributed by atoms with Crippen LogP contribution in [0.15, 0.2) is 66.7 Å². The average Bonchev–Trinajstić information content (AvgIpc) is 2.82. The summed E-state index contributed by atoms with van der Waals surface area (Å²) in [6, 6.07) is 19.1.